The average molecular weight is 602 g/mol. The number of nitrogens with one attached hydrogen (secondary N) is 1. The molecule has 2 heterocycles. The maximum absolute atomic E-state index is 15.3. The largest absolute Gasteiger partial charge is 0.575 e. The first-order chi connectivity index (χ1) is 19.2. The number of rotatable bonds is 11. The molecular weight excluding hydrogens is 564 g/mol. The fourth-order valence-corrected chi connectivity index (χ4v) is 4.71. The zero-order chi connectivity index (χ0) is 30.9. The molecule has 1 aliphatic rings. The zero-order valence-electron chi connectivity index (χ0n) is 23.7. The normalized spacial score (nSPS) is 23.2. The van der Waals surface area contributed by atoms with Gasteiger partial charge in [-0.1, -0.05) is 23.8 Å². The molecule has 228 valence electrons. The van der Waals surface area contributed by atoms with Crippen LogP contribution in [0.5, 0.6) is 11.5 Å². The first-order valence-corrected chi connectivity index (χ1v) is 14.1. The lowest BCUT2D eigenvalue weighted by molar-refractivity contribution is -0.169. The Kier molecular flexibility index (Phi) is 12.6. The minimum atomic E-state index is -2.73. The number of carboxylic acid groups (broad SMARTS) is 1. The second kappa shape index (κ2) is 15.2. The van der Waals surface area contributed by atoms with Gasteiger partial charge in [0.2, 0.25) is 5.75 Å². The maximum Gasteiger partial charge on any atom is 0.395 e. The van der Waals surface area contributed by atoms with Crippen LogP contribution in [0, 0.1) is 0 Å². The Labute approximate surface area is 237 Å². The van der Waals surface area contributed by atoms with Crippen molar-refractivity contribution in [3.05, 3.63) is 57.4 Å². The van der Waals surface area contributed by atoms with Crippen LogP contribution in [0.3, 0.4) is 0 Å². The van der Waals surface area contributed by atoms with Gasteiger partial charge in [-0.2, -0.15) is 0 Å². The summed E-state index contributed by atoms with van der Waals surface area (Å²) in [5.41, 5.74) is -3.98. The number of alkyl halides is 1. The molecule has 0 spiro atoms. The number of aliphatic hydroxyl groups excluding tert-OH is 1. The standard InChI is InChI=1S/C20H23FN3O9P.C6H14O/c1-3-11(17(27)28)23-34(30)33-13-7-5-4-6-12(13)31-10-14-16(26)20(2,21)18(32-14)24-9-8-15(25)22-19(24)29;1-5(2)7-6(3)4/h4-9,11,14,16,18,26H,3,10H2,1-2H3,(H,27,28)(H,22,25,29);5-6H,1-4H3/t11-,14+,16+,18+,20+;/m0./s1. The number of hydrogen-bond acceptors (Lipinski definition) is 10. The van der Waals surface area contributed by atoms with E-state index in [-0.39, 0.29) is 24.5 Å². The second-order valence-electron chi connectivity index (χ2n) is 9.84. The summed E-state index contributed by atoms with van der Waals surface area (Å²) in [6.07, 6.45) is -2.53. The molecule has 0 amide bonds. The highest BCUT2D eigenvalue weighted by molar-refractivity contribution is 7.34. The molecule has 1 saturated heterocycles. The first-order valence-electron chi connectivity index (χ1n) is 13.0. The number of carbonyl (C=O) groups is 1. The number of carboxylic acids is 1. The molecule has 1 fully saturated rings. The number of halogens is 1. The van der Waals surface area contributed by atoms with E-state index in [9.17, 15) is 24.4 Å². The van der Waals surface area contributed by atoms with E-state index in [1.165, 1.54) is 12.1 Å². The molecule has 2 aromatic rings. The van der Waals surface area contributed by atoms with Crippen LogP contribution in [0.2, 0.25) is 0 Å². The Morgan fingerprint density at radius 2 is 1.83 bits per heavy atom. The minimum Gasteiger partial charge on any atom is -0.575 e. The Hall–Kier alpha value is -3.16. The third-order valence-corrected chi connectivity index (χ3v) is 6.52. The van der Waals surface area contributed by atoms with Gasteiger partial charge in [-0.05, 0) is 53.2 Å². The summed E-state index contributed by atoms with van der Waals surface area (Å²) in [4.78, 5) is 48.6. The molecule has 0 radical (unpaired) electrons. The number of nitrogens with zero attached hydrogens (tertiary/aromatic N) is 2. The van der Waals surface area contributed by atoms with Crippen molar-refractivity contribution in [1.29, 1.82) is 0 Å². The number of aliphatic hydroxyl groups is 1. The molecule has 0 aliphatic carbocycles. The van der Waals surface area contributed by atoms with Crippen LogP contribution in [-0.2, 0) is 14.3 Å². The van der Waals surface area contributed by atoms with E-state index in [1.54, 1.807) is 19.1 Å². The Morgan fingerprint density at radius 1 is 1.22 bits per heavy atom. The summed E-state index contributed by atoms with van der Waals surface area (Å²) in [6.45, 7) is 10.4. The summed E-state index contributed by atoms with van der Waals surface area (Å²) in [7, 11) is -2.73. The molecule has 3 rings (SSSR count). The number of aliphatic carboxylic acids is 1. The fourth-order valence-electron chi connectivity index (χ4n) is 3.85. The molecular formula is C26H37FN3O10P. The lowest BCUT2D eigenvalue weighted by Gasteiger charge is -2.24. The predicted octanol–water partition coefficient (Wildman–Crippen LogP) is 2.52. The number of para-hydroxylation sites is 2. The van der Waals surface area contributed by atoms with Gasteiger partial charge in [0.25, 0.3) is 5.56 Å². The van der Waals surface area contributed by atoms with Crippen molar-refractivity contribution in [3.63, 3.8) is 0 Å². The summed E-state index contributed by atoms with van der Waals surface area (Å²) in [6, 6.07) is 5.81. The van der Waals surface area contributed by atoms with E-state index in [2.05, 4.69) is 4.74 Å². The van der Waals surface area contributed by atoms with Crippen molar-refractivity contribution in [3.8, 4) is 11.5 Å². The number of H-pyrrole nitrogens is 1. The molecule has 15 heteroatoms. The summed E-state index contributed by atoms with van der Waals surface area (Å²) in [5, 5.41) is 19.5. The van der Waals surface area contributed by atoms with Gasteiger partial charge in [-0.25, -0.2) is 14.0 Å². The number of hydrogen-bond donors (Lipinski definition) is 3. The van der Waals surface area contributed by atoms with Gasteiger partial charge in [-0.3, -0.25) is 18.9 Å². The molecule has 0 saturated carbocycles. The highest BCUT2D eigenvalue weighted by Crippen LogP contribution is 2.41. The van der Waals surface area contributed by atoms with Crippen LogP contribution >= 0.6 is 8.17 Å². The van der Waals surface area contributed by atoms with Gasteiger partial charge in [0.05, 0.1) is 12.2 Å². The van der Waals surface area contributed by atoms with E-state index in [0.29, 0.717) is 12.2 Å². The summed E-state index contributed by atoms with van der Waals surface area (Å²) in [5.74, 6) is -1.20. The highest BCUT2D eigenvalue weighted by Gasteiger charge is 2.55. The van der Waals surface area contributed by atoms with Crippen molar-refractivity contribution < 1.29 is 43.0 Å². The second-order valence-corrected chi connectivity index (χ2v) is 10.7. The number of aromatic amines is 1. The van der Waals surface area contributed by atoms with Crippen molar-refractivity contribution in [1.82, 2.24) is 9.55 Å². The van der Waals surface area contributed by atoms with E-state index < -0.39 is 55.5 Å². The molecule has 1 unspecified atom stereocenters. The number of benzene rings is 1. The molecule has 1 aliphatic heterocycles. The molecule has 1 aromatic carbocycles. The first kappa shape index (κ1) is 34.0. The van der Waals surface area contributed by atoms with Crippen molar-refractivity contribution in [2.75, 3.05) is 6.61 Å². The van der Waals surface area contributed by atoms with Gasteiger partial charge >= 0.3 is 19.8 Å². The Balaban J connectivity index is 0.000000745. The van der Waals surface area contributed by atoms with E-state index >= 15 is 4.39 Å². The van der Waals surface area contributed by atoms with E-state index in [4.69, 9.17) is 23.8 Å². The molecule has 6 atom stereocenters. The zero-order valence-corrected chi connectivity index (χ0v) is 24.6. The molecule has 0 bridgehead atoms. The van der Waals surface area contributed by atoms with Gasteiger partial charge in [0, 0.05) is 12.3 Å². The Bertz CT molecular complexity index is 1290. The van der Waals surface area contributed by atoms with Crippen molar-refractivity contribution in [2.24, 2.45) is 4.74 Å². The summed E-state index contributed by atoms with van der Waals surface area (Å²) >= 11 is 0. The van der Waals surface area contributed by atoms with Crippen LogP contribution in [0.15, 0.2) is 50.9 Å². The third kappa shape index (κ3) is 9.72. The SMILES string of the molecule is CC(C)OC(C)C.CC[C@H](N=[P+]([O-])Oc1ccccc1OC[C@H]1O[C@@H](n2ccc(=O)[nH]c2=O)[C@](C)(F)[C@@H]1O)C(=O)O. The molecule has 1 aromatic heterocycles. The monoisotopic (exact) mass is 601 g/mol. The van der Waals surface area contributed by atoms with Crippen LogP contribution < -0.4 is 25.4 Å². The lowest BCUT2D eigenvalue weighted by Crippen LogP contribution is -2.43. The van der Waals surface area contributed by atoms with Gasteiger partial charge in [-0.15, -0.1) is 0 Å². The fraction of sp³-hybridized carbons (Fsp3) is 0.577. The average Bonchev–Trinajstić information content (AvgIpc) is 3.09. The van der Waals surface area contributed by atoms with Gasteiger partial charge < -0.3 is 29.3 Å². The van der Waals surface area contributed by atoms with Gasteiger partial charge in [0.15, 0.2) is 23.7 Å². The smallest absolute Gasteiger partial charge is 0.395 e. The van der Waals surface area contributed by atoms with E-state index in [0.717, 1.165) is 23.8 Å². The number of aromatic nitrogens is 2. The minimum absolute atomic E-state index is 0.0171. The van der Waals surface area contributed by atoms with Crippen LogP contribution in [-0.4, -0.2) is 68.5 Å². The van der Waals surface area contributed by atoms with Crippen molar-refractivity contribution in [2.45, 2.75) is 90.3 Å². The highest BCUT2D eigenvalue weighted by atomic mass is 31.1. The Morgan fingerprint density at radius 3 is 2.34 bits per heavy atom. The summed E-state index contributed by atoms with van der Waals surface area (Å²) < 4.78 is 41.3. The van der Waals surface area contributed by atoms with Gasteiger partial charge in [0.1, 0.15) is 18.8 Å². The predicted molar refractivity (Wildman–Crippen MR) is 146 cm³/mol. The quantitative estimate of drug-likeness (QED) is 0.323. The van der Waals surface area contributed by atoms with Crippen molar-refractivity contribution >= 4 is 14.1 Å². The molecule has 13 nitrogen and oxygen atoms in total. The maximum atomic E-state index is 15.3. The number of ether oxygens (including phenoxy) is 3. The lowest BCUT2D eigenvalue weighted by atomic mass is 9.98. The van der Waals surface area contributed by atoms with Crippen LogP contribution in [0.4, 0.5) is 4.39 Å². The molecule has 3 N–H and O–H groups in total. The molecule has 41 heavy (non-hydrogen) atoms. The van der Waals surface area contributed by atoms with E-state index in [1.807, 2.05) is 32.7 Å². The topological polar surface area (TPSA) is 185 Å². The van der Waals surface area contributed by atoms with Crippen LogP contribution in [0.25, 0.3) is 0 Å². The van der Waals surface area contributed by atoms with Crippen LogP contribution in [0.1, 0.15) is 54.2 Å². The third-order valence-electron chi connectivity index (χ3n) is 5.70.